The summed E-state index contributed by atoms with van der Waals surface area (Å²) in [4.78, 5) is 167. The lowest BCUT2D eigenvalue weighted by Crippen LogP contribution is -2.41. The van der Waals surface area contributed by atoms with Crippen molar-refractivity contribution in [3.63, 3.8) is 0 Å². The Balaban J connectivity index is 0.761. The van der Waals surface area contributed by atoms with Crippen LogP contribution in [0.4, 0.5) is 34.9 Å². The summed E-state index contributed by atoms with van der Waals surface area (Å²) in [6, 6.07) is 0. The summed E-state index contributed by atoms with van der Waals surface area (Å²) >= 11 is 9.33. The third-order valence-corrected chi connectivity index (χ3v) is 30.3. The Morgan fingerprint density at radius 3 is 1.03 bits per heavy atom. The largest absolute Gasteiger partial charge is 0.472 e. The molecule has 8 aromatic heterocycles. The Morgan fingerprint density at radius 2 is 0.687 bits per heavy atom. The van der Waals surface area contributed by atoms with Crippen molar-refractivity contribution in [2.45, 2.75) is 189 Å². The fourth-order valence-corrected chi connectivity index (χ4v) is 23.2. The zero-order chi connectivity index (χ0) is 106. The lowest BCUT2D eigenvalue weighted by atomic mass is 9.94. The van der Waals surface area contributed by atoms with E-state index in [2.05, 4.69) is 62.1 Å². The minimum absolute atomic E-state index is 0.00276. The smallest absolute Gasteiger partial charge is 0.385 e. The summed E-state index contributed by atoms with van der Waals surface area (Å²) in [7, 11) is -16.9. The van der Waals surface area contributed by atoms with Crippen LogP contribution in [0, 0.1) is 33.6 Å². The van der Waals surface area contributed by atoms with E-state index in [4.69, 9.17) is 167 Å². The van der Waals surface area contributed by atoms with Crippen LogP contribution < -0.4 is 57.2 Å². The van der Waals surface area contributed by atoms with E-state index in [1.54, 1.807) is 13.8 Å². The van der Waals surface area contributed by atoms with Crippen molar-refractivity contribution in [2.24, 2.45) is 5.92 Å². The number of hydrogen-bond acceptors (Lipinski definition) is 52. The molecule has 0 saturated carbocycles. The first-order valence-electron chi connectivity index (χ1n) is 44.8. The summed E-state index contributed by atoms with van der Waals surface area (Å²) in [5.41, 5.74) is 33.7. The second-order valence-electron chi connectivity index (χ2n) is 33.9. The fourth-order valence-electron chi connectivity index (χ4n) is 16.9. The fraction of sp³-hybridized carbons (Fsp3) is 0.658. The van der Waals surface area contributed by atoms with Crippen LogP contribution in [0.2, 0.25) is 0 Å². The lowest BCUT2D eigenvalue weighted by Gasteiger charge is -2.29. The molecule has 0 aromatic carbocycles. The van der Waals surface area contributed by atoms with E-state index >= 15 is 13.7 Å². The van der Waals surface area contributed by atoms with Crippen molar-refractivity contribution in [2.75, 3.05) is 162 Å². The third-order valence-electron chi connectivity index (χ3n) is 23.9. The molecule has 14 rings (SSSR count). The summed E-state index contributed by atoms with van der Waals surface area (Å²) in [6.07, 6.45) is -27.4. The number of hydrogen-bond donors (Lipinski definition) is 13. The van der Waals surface area contributed by atoms with Gasteiger partial charge < -0.3 is 144 Å². The quantitative estimate of drug-likeness (QED) is 0.0140. The maximum Gasteiger partial charge on any atom is 0.472 e. The number of methoxy groups -OCH3 is 5. The van der Waals surface area contributed by atoms with Crippen molar-refractivity contribution < 1.29 is 173 Å². The van der Waals surface area contributed by atoms with Gasteiger partial charge in [0.1, 0.15) is 145 Å². The molecule has 71 heteroatoms. The van der Waals surface area contributed by atoms with Gasteiger partial charge in [0.15, 0.2) is 47.8 Å². The third kappa shape index (κ3) is 27.9. The zero-order valence-electron chi connectivity index (χ0n) is 80.0. The number of phosphoric ester groups is 4. The molecule has 0 bridgehead atoms. The van der Waals surface area contributed by atoms with E-state index in [0.29, 0.717) is 11.1 Å². The maximum absolute atomic E-state index is 15.4. The Morgan fingerprint density at radius 1 is 0.381 bits per heavy atom. The highest BCUT2D eigenvalue weighted by atomic mass is 32.7. The number of nitrogen functional groups attached to an aromatic ring is 6. The molecule has 63 nitrogen and oxygen atoms in total. The molecular formula is C76H114N22O41P6S2. The molecule has 147 heavy (non-hydrogen) atoms. The van der Waals surface area contributed by atoms with Crippen LogP contribution in [0.25, 0.3) is 22.3 Å². The highest BCUT2D eigenvalue weighted by Gasteiger charge is 2.59. The van der Waals surface area contributed by atoms with E-state index in [1.165, 1.54) is 101 Å². The first-order valence-corrected chi connectivity index (χ1v) is 56.1. The monoisotopic (exact) mass is 2240 g/mol. The average Bonchev–Trinajstić information content (AvgIpc) is 1.49. The van der Waals surface area contributed by atoms with E-state index in [0.717, 1.165) is 32.6 Å². The van der Waals surface area contributed by atoms with Gasteiger partial charge in [-0.3, -0.25) is 68.1 Å². The molecule has 6 aliphatic rings. The van der Waals surface area contributed by atoms with Crippen molar-refractivity contribution in [3.05, 3.63) is 114 Å². The molecule has 6 fully saturated rings. The molecule has 6 saturated heterocycles. The Bertz CT molecular complexity index is 6480. The molecule has 0 spiro atoms. The molecule has 816 valence electrons. The zero-order valence-corrected chi connectivity index (χ0v) is 87.1. The van der Waals surface area contributed by atoms with Gasteiger partial charge in [0.25, 0.3) is 0 Å². The number of thiol groups is 1. The molecule has 0 aliphatic carbocycles. The van der Waals surface area contributed by atoms with Gasteiger partial charge in [-0.25, -0.2) is 71.9 Å². The van der Waals surface area contributed by atoms with Gasteiger partial charge in [0.2, 0.25) is 0 Å². The van der Waals surface area contributed by atoms with Crippen LogP contribution in [-0.2, 0) is 155 Å². The molecule has 0 amide bonds. The molecular weight excluding hydrogens is 2130 g/mol. The molecule has 29 atom stereocenters. The maximum atomic E-state index is 15.4. The number of nitrogens with two attached hydrogens (primary N) is 6. The van der Waals surface area contributed by atoms with Crippen molar-refractivity contribution in [1.82, 2.24) is 77.2 Å². The number of aryl methyl sites for hydroxylation is 4. The number of anilines is 6. The second-order valence-corrected chi connectivity index (χ2v) is 45.1. The molecule has 14 heterocycles. The number of aromatic nitrogens is 16. The van der Waals surface area contributed by atoms with E-state index in [9.17, 15) is 57.7 Å². The minimum Gasteiger partial charge on any atom is -0.385 e. The Hall–Kier alpha value is -7.71. The number of imidazole rings is 2. The summed E-state index contributed by atoms with van der Waals surface area (Å²) < 4.78 is 235. The highest BCUT2D eigenvalue weighted by Crippen LogP contribution is 2.60. The van der Waals surface area contributed by atoms with Crippen LogP contribution >= 0.6 is 57.1 Å². The SMILES string of the molecule is COCCCC1[C@@H](OP(=O)(O)S)[C@@H](COP(=O)(O)O[C@@H]2C(OCCOC)[C@H](n3cnc4c(N)ncnc43)O[C@@H]2COP(=O)(O)O[C@@H]2C(OCCOC)[C@H](n3cc(C)c(N)nc3=O)O[C@@H]2COP(=O)(O)O[C@@H]2C(OCCOC)[C@H](n3cc(C)c(N)nc3=O)O[C@@H]2COP(=O)(O)O[C@@H]2C(OCCOC)[C@H](n3cnc4c(N)ncnc43)O[C@@H]2COP(O)(=S)O[C@@H]2C[C@H](n3cc(C)c(N)nc3=O)O[C@@H]2C)O[C@H]1n1cc(C)c(N)nc1=O. The van der Waals surface area contributed by atoms with E-state index < -0.39 is 255 Å². The van der Waals surface area contributed by atoms with Gasteiger partial charge in [0.05, 0.1) is 111 Å². The van der Waals surface area contributed by atoms with Gasteiger partial charge in [-0.1, -0.05) is 12.2 Å². The Labute approximate surface area is 843 Å². The van der Waals surface area contributed by atoms with Gasteiger partial charge in [-0.05, 0) is 59.3 Å². The Kier molecular flexibility index (Phi) is 38.4. The average molecular weight is 2240 g/mol. The van der Waals surface area contributed by atoms with E-state index in [-0.39, 0.29) is 134 Å². The molecule has 0 radical (unpaired) electrons. The number of ether oxygens (including phenoxy) is 15. The van der Waals surface area contributed by atoms with Gasteiger partial charge in [-0.15, -0.1) is 0 Å². The number of phosphoric acid groups is 4. The molecule has 6 aliphatic heterocycles. The van der Waals surface area contributed by atoms with Gasteiger partial charge in [-0.2, -0.15) is 19.9 Å². The number of fused-ring (bicyclic) bond motifs is 2. The minimum atomic E-state index is -6.01. The van der Waals surface area contributed by atoms with Gasteiger partial charge in [0, 0.05) is 102 Å². The van der Waals surface area contributed by atoms with Crippen LogP contribution in [0.5, 0.6) is 0 Å². The molecule has 18 N–H and O–H groups in total. The van der Waals surface area contributed by atoms with E-state index in [1.807, 2.05) is 0 Å². The van der Waals surface area contributed by atoms with Crippen LogP contribution in [-0.4, -0.2) is 332 Å². The predicted molar refractivity (Wildman–Crippen MR) is 508 cm³/mol. The topological polar surface area (TPSA) is 830 Å². The van der Waals surface area contributed by atoms with Crippen molar-refractivity contribution >= 4 is 126 Å². The summed E-state index contributed by atoms with van der Waals surface area (Å²) in [6.45, 7) is -9.64. The van der Waals surface area contributed by atoms with Crippen LogP contribution in [0.15, 0.2) is 69.3 Å². The predicted octanol–water partition coefficient (Wildman–Crippen LogP) is 0.427. The van der Waals surface area contributed by atoms with Crippen molar-refractivity contribution in [1.29, 1.82) is 0 Å². The number of rotatable bonds is 53. The standard InChI is InChI=1S/C76H114N22O41P6S2/c1-36-23-93(73(99)89-60(36)77)48-22-42(40(5)128-48)134-145(113,147)127-31-47-55(59(122-21-17-118-10)72(133-47)98-35-88-50-65(82)84-33-86-67(50)98)138-143(109,110)125-29-45-52(56(119-18-14-115-7)69(131-45)95-25-38(3)62(79)91-75(95)101)135-141(105,106)124-28-44-53(57(120-19-15-116-8)70(130-44)96-26-39(4)63(80)92-76(96)102)136-142(107,108)126-30-46-54(58(121-20-16-117-9)71(132-46)97-34-87-49-64(81)83-32-85-66(49)97)137-140(103,104)123-27-43-51(139-144(111,112)146)41(12-11-13-114-6)68(129-43)94-24-37(2)61(78)90-74(94)100/h23-26,32-35,40-48,51-59,68-72H,11-22,27-31H2,1-10H3,(H,103,104)(H,105,106)(H,107,108)(H,109,110)(H,113,147)(H2,77,89,99)(H2,78,90,100)(H2,79,91,101)(H2,80,92,102)(H2,81,83,85)(H2,82,84,86)(H2,111,112,146)/t40-,41?,42-,43-,44-,45-,46-,47-,48-,51-,52+,53+,54+,55+,56?,57?,58?,59?,68-,69-,70-,71-,72-,145?/m1/s1. The second kappa shape index (κ2) is 49.1. The summed E-state index contributed by atoms with van der Waals surface area (Å²) in [5, 5.41) is 0. The first kappa shape index (κ1) is 115. The van der Waals surface area contributed by atoms with Crippen LogP contribution in [0.1, 0.15) is 85.8 Å². The van der Waals surface area contributed by atoms with Gasteiger partial charge >= 0.3 is 67.6 Å². The normalized spacial score (nSPS) is 29.4. The first-order chi connectivity index (χ1) is 69.6. The summed E-state index contributed by atoms with van der Waals surface area (Å²) in [5.74, 6) is -1.94. The number of nitrogens with zero attached hydrogens (tertiary/aromatic N) is 16. The molecule has 8 aromatic rings. The van der Waals surface area contributed by atoms with Crippen LogP contribution in [0.3, 0.4) is 0 Å². The molecule has 11 unspecified atom stereocenters. The van der Waals surface area contributed by atoms with Crippen molar-refractivity contribution in [3.8, 4) is 0 Å². The highest BCUT2D eigenvalue weighted by molar-refractivity contribution is 8.44. The lowest BCUT2D eigenvalue weighted by molar-refractivity contribution is -0.0852.